The molecule has 4 aromatic rings. The molecule has 0 aliphatic heterocycles. The number of anilines is 4. The normalized spacial score (nSPS) is 11.6. The lowest BCUT2D eigenvalue weighted by atomic mass is 10.1. The van der Waals surface area contributed by atoms with Crippen molar-refractivity contribution in [3.05, 3.63) is 67.5 Å². The van der Waals surface area contributed by atoms with Gasteiger partial charge in [0.2, 0.25) is 11.9 Å². The van der Waals surface area contributed by atoms with E-state index in [9.17, 15) is 4.79 Å². The minimum absolute atomic E-state index is 0.358. The summed E-state index contributed by atoms with van der Waals surface area (Å²) in [6.45, 7) is 0.906. The van der Waals surface area contributed by atoms with Crippen molar-refractivity contribution in [1.29, 1.82) is 0 Å². The monoisotopic (exact) mass is 487 g/mol. The Morgan fingerprint density at radius 3 is 2.81 bits per heavy atom. The summed E-state index contributed by atoms with van der Waals surface area (Å²) in [7, 11) is 7.47. The molecule has 0 fully saturated rings. The molecule has 4 rings (SSSR count). The highest BCUT2D eigenvalue weighted by Gasteiger charge is 2.17. The Balaban J connectivity index is 1.70. The molecule has 0 atom stereocenters. The van der Waals surface area contributed by atoms with Gasteiger partial charge in [0.05, 0.1) is 32.6 Å². The number of rotatable bonds is 10. The number of carbonyl (C=O) groups excluding carboxylic acids is 1. The number of methoxy groups -OCH3 is 1. The number of para-hydroxylation sites is 1. The van der Waals surface area contributed by atoms with E-state index in [1.165, 1.54) is 0 Å². The summed E-state index contributed by atoms with van der Waals surface area (Å²) in [6.07, 6.45) is 4.51. The second-order valence-corrected chi connectivity index (χ2v) is 8.57. The molecule has 9 nitrogen and oxygen atoms in total. The minimum atomic E-state index is -0.584. The third-order valence-electron chi connectivity index (χ3n) is 5.77. The summed E-state index contributed by atoms with van der Waals surface area (Å²) in [4.78, 5) is 28.9. The van der Waals surface area contributed by atoms with Gasteiger partial charge in [0.25, 0.3) is 0 Å². The molecule has 0 saturated carbocycles. The van der Waals surface area contributed by atoms with E-state index in [0.29, 0.717) is 29.6 Å². The van der Waals surface area contributed by atoms with Crippen LogP contribution in [0.15, 0.2) is 67.5 Å². The largest absolute Gasteiger partial charge is 0.494 e. The van der Waals surface area contributed by atoms with Gasteiger partial charge in [-0.15, -0.1) is 0 Å². The zero-order valence-electron chi connectivity index (χ0n) is 22.8. The third kappa shape index (κ3) is 5.47. The molecule has 36 heavy (non-hydrogen) atoms. The van der Waals surface area contributed by atoms with Gasteiger partial charge in [0, 0.05) is 55.1 Å². The SMILES string of the molecule is [2H]C([2H])=CC(=O)Nc1cc(Nc2nccc(-c3c[nH]c4ccccc34)n2)c(OC)cc1N(C)CCN(C)C. The molecule has 9 heteroatoms. The van der Waals surface area contributed by atoms with E-state index in [4.69, 9.17) is 12.5 Å². The molecular weight excluding hydrogens is 454 g/mol. The van der Waals surface area contributed by atoms with Crippen LogP contribution in [-0.4, -0.2) is 67.1 Å². The highest BCUT2D eigenvalue weighted by Crippen LogP contribution is 2.38. The predicted molar refractivity (Wildman–Crippen MR) is 146 cm³/mol. The number of H-pyrrole nitrogens is 1. The Labute approximate surface area is 213 Å². The van der Waals surface area contributed by atoms with Crippen molar-refractivity contribution in [2.45, 2.75) is 0 Å². The molecular formula is C27H31N7O2. The number of hydrogen-bond acceptors (Lipinski definition) is 7. The lowest BCUT2D eigenvalue weighted by Crippen LogP contribution is -2.29. The number of fused-ring (bicyclic) bond motifs is 1. The van der Waals surface area contributed by atoms with E-state index in [0.717, 1.165) is 40.5 Å². The summed E-state index contributed by atoms with van der Waals surface area (Å²) in [6, 6.07) is 13.4. The number of ether oxygens (including phenoxy) is 1. The Morgan fingerprint density at radius 2 is 2.03 bits per heavy atom. The van der Waals surface area contributed by atoms with Gasteiger partial charge in [0.1, 0.15) is 5.75 Å². The summed E-state index contributed by atoms with van der Waals surface area (Å²) < 4.78 is 20.3. The number of aromatic nitrogens is 3. The fourth-order valence-corrected chi connectivity index (χ4v) is 3.86. The van der Waals surface area contributed by atoms with Gasteiger partial charge >= 0.3 is 0 Å². The summed E-state index contributed by atoms with van der Waals surface area (Å²) in [5.41, 5.74) is 4.48. The van der Waals surface area contributed by atoms with Gasteiger partial charge in [0.15, 0.2) is 0 Å². The van der Waals surface area contributed by atoms with Crippen LogP contribution in [0.1, 0.15) is 2.74 Å². The van der Waals surface area contributed by atoms with Gasteiger partial charge in [-0.05, 0) is 38.4 Å². The van der Waals surface area contributed by atoms with Crippen LogP contribution < -0.4 is 20.3 Å². The average Bonchev–Trinajstić information content (AvgIpc) is 3.31. The number of nitrogens with one attached hydrogen (secondary N) is 3. The maximum absolute atomic E-state index is 12.4. The highest BCUT2D eigenvalue weighted by molar-refractivity contribution is 6.02. The van der Waals surface area contributed by atoms with Crippen molar-refractivity contribution >= 4 is 39.8 Å². The van der Waals surface area contributed by atoms with Gasteiger partial charge in [-0.3, -0.25) is 4.79 Å². The molecule has 0 radical (unpaired) electrons. The van der Waals surface area contributed by atoms with Gasteiger partial charge in [-0.1, -0.05) is 24.7 Å². The van der Waals surface area contributed by atoms with Crippen LogP contribution in [-0.2, 0) is 4.79 Å². The number of benzene rings is 2. The van der Waals surface area contributed by atoms with Crippen molar-refractivity contribution in [3.8, 4) is 17.0 Å². The van der Waals surface area contributed by atoms with Crippen LogP contribution in [0.25, 0.3) is 22.2 Å². The number of amides is 1. The van der Waals surface area contributed by atoms with Gasteiger partial charge < -0.3 is 30.2 Å². The molecule has 0 spiro atoms. The summed E-state index contributed by atoms with van der Waals surface area (Å²) >= 11 is 0. The van der Waals surface area contributed by atoms with E-state index < -0.39 is 12.4 Å². The molecule has 0 unspecified atom stereocenters. The predicted octanol–water partition coefficient (Wildman–Crippen LogP) is 4.50. The molecule has 0 saturated heterocycles. The zero-order valence-corrected chi connectivity index (χ0v) is 20.8. The van der Waals surface area contributed by atoms with Gasteiger partial charge in [-0.25, -0.2) is 9.97 Å². The summed E-state index contributed by atoms with van der Waals surface area (Å²) in [5, 5.41) is 7.07. The molecule has 2 aromatic heterocycles. The quantitative estimate of drug-likeness (QED) is 0.283. The fourth-order valence-electron chi connectivity index (χ4n) is 3.86. The third-order valence-corrected chi connectivity index (χ3v) is 5.77. The smallest absolute Gasteiger partial charge is 0.247 e. The van der Waals surface area contributed by atoms with Crippen LogP contribution in [0.2, 0.25) is 0 Å². The Bertz CT molecular complexity index is 1470. The van der Waals surface area contributed by atoms with Crippen molar-refractivity contribution in [2.75, 3.05) is 56.9 Å². The van der Waals surface area contributed by atoms with Crippen LogP contribution >= 0.6 is 0 Å². The number of hydrogen-bond donors (Lipinski definition) is 3. The average molecular weight is 488 g/mol. The first-order valence-electron chi connectivity index (χ1n) is 12.5. The summed E-state index contributed by atoms with van der Waals surface area (Å²) in [5.74, 6) is 0.325. The molecule has 0 bridgehead atoms. The Morgan fingerprint density at radius 1 is 1.19 bits per heavy atom. The van der Waals surface area contributed by atoms with Crippen molar-refractivity contribution in [1.82, 2.24) is 19.9 Å². The highest BCUT2D eigenvalue weighted by atomic mass is 16.5. The molecule has 2 aromatic carbocycles. The standard InChI is InChI=1S/C27H31N7O2/c1-6-26(35)30-22-15-23(25(36-5)16-24(22)34(4)14-13-33(2)3)32-27-28-12-11-21(31-27)19-17-29-20-10-8-7-9-18(19)20/h6-12,15-17,29H,1,13-14H2,2-5H3,(H,30,35)(H,28,31,32)/i1D2. The Kier molecular flexibility index (Phi) is 6.71. The first-order chi connectivity index (χ1) is 18.2. The van der Waals surface area contributed by atoms with Crippen molar-refractivity contribution in [2.24, 2.45) is 0 Å². The van der Waals surface area contributed by atoms with E-state index in [1.54, 1.807) is 19.4 Å². The fraction of sp³-hybridized carbons (Fsp3) is 0.222. The number of aromatic amines is 1. The van der Waals surface area contributed by atoms with Crippen LogP contribution in [0.5, 0.6) is 5.75 Å². The van der Waals surface area contributed by atoms with E-state index in [2.05, 4.69) is 25.5 Å². The molecule has 186 valence electrons. The lowest BCUT2D eigenvalue weighted by molar-refractivity contribution is -0.111. The van der Waals surface area contributed by atoms with Crippen molar-refractivity contribution < 1.29 is 12.3 Å². The second-order valence-electron chi connectivity index (χ2n) is 8.57. The second kappa shape index (κ2) is 10.9. The molecule has 1 amide bonds. The molecule has 0 aliphatic carbocycles. The van der Waals surface area contributed by atoms with E-state index in [1.807, 2.05) is 68.6 Å². The molecule has 3 N–H and O–H groups in total. The Hall–Kier alpha value is -4.37. The first kappa shape index (κ1) is 22.1. The lowest BCUT2D eigenvalue weighted by Gasteiger charge is -2.26. The van der Waals surface area contributed by atoms with Crippen LogP contribution in [0, 0.1) is 0 Å². The zero-order chi connectivity index (χ0) is 27.2. The van der Waals surface area contributed by atoms with E-state index in [-0.39, 0.29) is 0 Å². The van der Waals surface area contributed by atoms with Crippen LogP contribution in [0.3, 0.4) is 0 Å². The van der Waals surface area contributed by atoms with Crippen molar-refractivity contribution in [3.63, 3.8) is 0 Å². The number of nitrogens with zero attached hydrogens (tertiary/aromatic N) is 4. The maximum atomic E-state index is 12.4. The minimum Gasteiger partial charge on any atom is -0.494 e. The topological polar surface area (TPSA) is 98.4 Å². The first-order valence-corrected chi connectivity index (χ1v) is 11.5. The maximum Gasteiger partial charge on any atom is 0.247 e. The van der Waals surface area contributed by atoms with E-state index >= 15 is 0 Å². The number of likely N-dealkylation sites (N-methyl/N-ethyl adjacent to an activating group) is 2. The molecule has 2 heterocycles. The number of carbonyl (C=O) groups is 1. The van der Waals surface area contributed by atoms with Gasteiger partial charge in [-0.2, -0.15) is 0 Å². The van der Waals surface area contributed by atoms with Crippen LogP contribution in [0.4, 0.5) is 23.0 Å². The molecule has 0 aliphatic rings.